The van der Waals surface area contributed by atoms with Gasteiger partial charge in [0, 0.05) is 46.3 Å². The van der Waals surface area contributed by atoms with Crippen LogP contribution in [0, 0.1) is 5.92 Å². The molecular formula is C20H28N4O4. The van der Waals surface area contributed by atoms with Crippen LogP contribution in [0.5, 0.6) is 0 Å². The number of methoxy groups -OCH3 is 1. The number of ether oxygens (including phenoxy) is 1. The average molecular weight is 388 g/mol. The van der Waals surface area contributed by atoms with Gasteiger partial charge in [-0.3, -0.25) is 18.7 Å². The number of fused-ring (bicyclic) bond motifs is 1. The Balaban J connectivity index is 1.56. The van der Waals surface area contributed by atoms with Crippen LogP contribution in [0.4, 0.5) is 0 Å². The molecule has 0 saturated carbocycles. The molecule has 152 valence electrons. The zero-order valence-corrected chi connectivity index (χ0v) is 16.5. The molecule has 8 nitrogen and oxygen atoms in total. The normalized spacial score (nSPS) is 15.1. The largest absolute Gasteiger partial charge is 0.385 e. The number of likely N-dealkylation sites (tertiary alicyclic amines) is 1. The first kappa shape index (κ1) is 20.1. The second kappa shape index (κ2) is 9.05. The van der Waals surface area contributed by atoms with Gasteiger partial charge in [0.25, 0.3) is 0 Å². The zero-order valence-electron chi connectivity index (χ0n) is 16.5. The second-order valence-corrected chi connectivity index (χ2v) is 7.21. The van der Waals surface area contributed by atoms with Crippen molar-refractivity contribution in [1.82, 2.24) is 19.4 Å². The summed E-state index contributed by atoms with van der Waals surface area (Å²) in [4.78, 5) is 39.2. The number of carbonyl (C=O) groups is 2. The molecule has 2 aromatic rings. The van der Waals surface area contributed by atoms with Crippen molar-refractivity contribution in [3.8, 4) is 0 Å². The lowest BCUT2D eigenvalue weighted by Gasteiger charge is -2.31. The van der Waals surface area contributed by atoms with Gasteiger partial charge in [-0.15, -0.1) is 0 Å². The van der Waals surface area contributed by atoms with Gasteiger partial charge in [0.05, 0.1) is 11.0 Å². The summed E-state index contributed by atoms with van der Waals surface area (Å²) in [5.74, 6) is -0.0993. The van der Waals surface area contributed by atoms with Gasteiger partial charge in [0.2, 0.25) is 11.8 Å². The number of nitrogens with zero attached hydrogens (tertiary/aromatic N) is 3. The molecule has 1 fully saturated rings. The monoisotopic (exact) mass is 388 g/mol. The molecule has 1 aromatic heterocycles. The van der Waals surface area contributed by atoms with Crippen LogP contribution in [0.15, 0.2) is 29.1 Å². The smallest absolute Gasteiger partial charge is 0.329 e. The lowest BCUT2D eigenvalue weighted by molar-refractivity contribution is -0.136. The summed E-state index contributed by atoms with van der Waals surface area (Å²) in [6.45, 7) is 2.33. The Kier molecular flexibility index (Phi) is 6.51. The molecule has 0 bridgehead atoms. The van der Waals surface area contributed by atoms with Crippen molar-refractivity contribution in [2.75, 3.05) is 33.4 Å². The number of hydrogen-bond acceptors (Lipinski definition) is 4. The molecule has 8 heteroatoms. The van der Waals surface area contributed by atoms with Crippen molar-refractivity contribution < 1.29 is 14.3 Å². The Morgan fingerprint density at radius 1 is 1.18 bits per heavy atom. The van der Waals surface area contributed by atoms with E-state index in [1.54, 1.807) is 23.6 Å². The van der Waals surface area contributed by atoms with Crippen LogP contribution in [0.3, 0.4) is 0 Å². The number of imidazole rings is 1. The summed E-state index contributed by atoms with van der Waals surface area (Å²) in [5, 5.41) is 2.93. The Hall–Kier alpha value is -2.61. The van der Waals surface area contributed by atoms with Crippen LogP contribution in [0.25, 0.3) is 11.0 Å². The zero-order chi connectivity index (χ0) is 20.1. The summed E-state index contributed by atoms with van der Waals surface area (Å²) >= 11 is 0. The third-order valence-corrected chi connectivity index (χ3v) is 5.39. The number of benzene rings is 1. The lowest BCUT2D eigenvalue weighted by Crippen LogP contribution is -2.45. The first-order valence-corrected chi connectivity index (χ1v) is 9.71. The Bertz CT molecular complexity index is 893. The quantitative estimate of drug-likeness (QED) is 0.709. The predicted molar refractivity (Wildman–Crippen MR) is 106 cm³/mol. The van der Waals surface area contributed by atoms with E-state index in [0.29, 0.717) is 39.1 Å². The van der Waals surface area contributed by atoms with Crippen LogP contribution in [-0.4, -0.2) is 59.2 Å². The minimum atomic E-state index is -0.195. The van der Waals surface area contributed by atoms with E-state index in [9.17, 15) is 14.4 Å². The van der Waals surface area contributed by atoms with Gasteiger partial charge in [0.15, 0.2) is 0 Å². The highest BCUT2D eigenvalue weighted by atomic mass is 16.5. The van der Waals surface area contributed by atoms with Gasteiger partial charge in [0.1, 0.15) is 6.54 Å². The molecule has 0 radical (unpaired) electrons. The summed E-state index contributed by atoms with van der Waals surface area (Å²) in [7, 11) is 3.35. The second-order valence-electron chi connectivity index (χ2n) is 7.21. The van der Waals surface area contributed by atoms with E-state index in [1.165, 1.54) is 4.57 Å². The molecule has 1 aliphatic rings. The Morgan fingerprint density at radius 3 is 2.54 bits per heavy atom. The minimum absolute atomic E-state index is 0.0219. The number of rotatable bonds is 7. The van der Waals surface area contributed by atoms with Crippen LogP contribution >= 0.6 is 0 Å². The SMILES string of the molecule is COCCCNC(=O)C1CCN(C(=O)Cn2c(=O)n(C)c3ccccc32)CC1. The minimum Gasteiger partial charge on any atom is -0.385 e. The maximum Gasteiger partial charge on any atom is 0.329 e. The van der Waals surface area contributed by atoms with Crippen molar-refractivity contribution in [3.63, 3.8) is 0 Å². The molecule has 1 saturated heterocycles. The van der Waals surface area contributed by atoms with Crippen molar-refractivity contribution in [2.45, 2.75) is 25.8 Å². The fraction of sp³-hybridized carbons (Fsp3) is 0.550. The molecule has 2 amide bonds. The van der Waals surface area contributed by atoms with Crippen LogP contribution < -0.4 is 11.0 Å². The van der Waals surface area contributed by atoms with E-state index >= 15 is 0 Å². The fourth-order valence-corrected chi connectivity index (χ4v) is 3.71. The van der Waals surface area contributed by atoms with Crippen molar-refractivity contribution in [1.29, 1.82) is 0 Å². The number of aryl methyl sites for hydroxylation is 1. The number of carbonyl (C=O) groups excluding carboxylic acids is 2. The standard InChI is InChI=1S/C20H28N4O4/c1-22-16-6-3-4-7-17(16)24(20(22)27)14-18(25)23-11-8-15(9-12-23)19(26)21-10-5-13-28-2/h3-4,6-7,15H,5,8-14H2,1-2H3,(H,21,26). The molecule has 28 heavy (non-hydrogen) atoms. The third-order valence-electron chi connectivity index (χ3n) is 5.39. The van der Waals surface area contributed by atoms with Crippen LogP contribution in [-0.2, 0) is 27.9 Å². The summed E-state index contributed by atoms with van der Waals surface area (Å²) in [6, 6.07) is 7.46. The van der Waals surface area contributed by atoms with Gasteiger partial charge in [-0.1, -0.05) is 12.1 Å². The molecule has 0 aliphatic carbocycles. The van der Waals surface area contributed by atoms with Gasteiger partial charge >= 0.3 is 5.69 Å². The molecular weight excluding hydrogens is 360 g/mol. The van der Waals surface area contributed by atoms with E-state index in [2.05, 4.69) is 5.32 Å². The van der Waals surface area contributed by atoms with E-state index in [4.69, 9.17) is 4.74 Å². The maximum atomic E-state index is 12.7. The lowest BCUT2D eigenvalue weighted by atomic mass is 9.96. The van der Waals surface area contributed by atoms with Crippen LogP contribution in [0.1, 0.15) is 19.3 Å². The molecule has 0 atom stereocenters. The first-order chi connectivity index (χ1) is 13.5. The number of para-hydroxylation sites is 2. The average Bonchev–Trinajstić information content (AvgIpc) is 2.96. The van der Waals surface area contributed by atoms with Crippen molar-refractivity contribution >= 4 is 22.8 Å². The van der Waals surface area contributed by atoms with E-state index in [-0.39, 0.29) is 30.0 Å². The van der Waals surface area contributed by atoms with Crippen LogP contribution in [0.2, 0.25) is 0 Å². The first-order valence-electron chi connectivity index (χ1n) is 9.71. The van der Waals surface area contributed by atoms with E-state index in [0.717, 1.165) is 17.5 Å². The summed E-state index contributed by atoms with van der Waals surface area (Å²) in [5.41, 5.74) is 1.37. The number of aromatic nitrogens is 2. The predicted octanol–water partition coefficient (Wildman–Crippen LogP) is 0.731. The summed E-state index contributed by atoms with van der Waals surface area (Å²) in [6.07, 6.45) is 2.08. The molecule has 1 aromatic carbocycles. The number of amides is 2. The highest BCUT2D eigenvalue weighted by Gasteiger charge is 2.27. The van der Waals surface area contributed by atoms with Gasteiger partial charge < -0.3 is 15.0 Å². The highest BCUT2D eigenvalue weighted by molar-refractivity contribution is 5.82. The van der Waals surface area contributed by atoms with Gasteiger partial charge in [-0.25, -0.2) is 4.79 Å². The molecule has 0 unspecified atom stereocenters. The van der Waals surface area contributed by atoms with Gasteiger partial charge in [-0.05, 0) is 31.4 Å². The molecule has 1 aliphatic heterocycles. The fourth-order valence-electron chi connectivity index (χ4n) is 3.71. The molecule has 0 spiro atoms. The molecule has 1 N–H and O–H groups in total. The Morgan fingerprint density at radius 2 is 1.86 bits per heavy atom. The number of piperidine rings is 1. The van der Waals surface area contributed by atoms with Crippen molar-refractivity contribution in [2.24, 2.45) is 13.0 Å². The molecule has 3 rings (SSSR count). The number of hydrogen-bond donors (Lipinski definition) is 1. The van der Waals surface area contributed by atoms with Crippen molar-refractivity contribution in [3.05, 3.63) is 34.7 Å². The molecule has 2 heterocycles. The number of nitrogens with one attached hydrogen (secondary N) is 1. The topological polar surface area (TPSA) is 85.6 Å². The third kappa shape index (κ3) is 4.27. The summed E-state index contributed by atoms with van der Waals surface area (Å²) < 4.78 is 8.05. The Labute approximate surface area is 164 Å². The van der Waals surface area contributed by atoms with E-state index < -0.39 is 0 Å². The highest BCUT2D eigenvalue weighted by Crippen LogP contribution is 2.18. The maximum absolute atomic E-state index is 12.7. The van der Waals surface area contributed by atoms with Gasteiger partial charge in [-0.2, -0.15) is 0 Å². The van der Waals surface area contributed by atoms with E-state index in [1.807, 2.05) is 24.3 Å².